The number of tetrazole rings is 1. The zero-order chi connectivity index (χ0) is 13.1. The van der Waals surface area contributed by atoms with Crippen LogP contribution in [0.25, 0.3) is 11.4 Å². The predicted octanol–water partition coefficient (Wildman–Crippen LogP) is 2.62. The van der Waals surface area contributed by atoms with Crippen molar-refractivity contribution in [1.29, 1.82) is 0 Å². The summed E-state index contributed by atoms with van der Waals surface area (Å²) in [6.07, 6.45) is 1.09. The molecular formula is C12H16ClN5. The summed E-state index contributed by atoms with van der Waals surface area (Å²) in [5.74, 6) is 1.25. The summed E-state index contributed by atoms with van der Waals surface area (Å²) in [4.78, 5) is 0. The molecule has 0 bridgehead atoms. The lowest BCUT2D eigenvalue weighted by Crippen LogP contribution is -2.10. The van der Waals surface area contributed by atoms with E-state index in [2.05, 4.69) is 29.4 Å². The first-order valence-electron chi connectivity index (χ1n) is 5.93. The van der Waals surface area contributed by atoms with Crippen molar-refractivity contribution >= 4 is 17.3 Å². The van der Waals surface area contributed by atoms with Crippen molar-refractivity contribution in [2.75, 3.05) is 5.73 Å². The molecule has 0 saturated heterocycles. The lowest BCUT2D eigenvalue weighted by atomic mass is 10.1. The van der Waals surface area contributed by atoms with E-state index in [1.807, 2.05) is 6.07 Å². The highest BCUT2D eigenvalue weighted by Gasteiger charge is 2.12. The number of hydrogen-bond donors (Lipinski definition) is 1. The summed E-state index contributed by atoms with van der Waals surface area (Å²) in [5, 5.41) is 12.3. The molecule has 2 aromatic rings. The van der Waals surface area contributed by atoms with Gasteiger partial charge in [-0.25, -0.2) is 4.68 Å². The van der Waals surface area contributed by atoms with Crippen molar-refractivity contribution < 1.29 is 0 Å². The van der Waals surface area contributed by atoms with Crippen LogP contribution in [0.1, 0.15) is 20.3 Å². The van der Waals surface area contributed by atoms with E-state index in [-0.39, 0.29) is 0 Å². The Morgan fingerprint density at radius 2 is 2.22 bits per heavy atom. The Bertz CT molecular complexity index is 537. The van der Waals surface area contributed by atoms with Gasteiger partial charge in [-0.15, -0.1) is 5.10 Å². The minimum Gasteiger partial charge on any atom is -0.398 e. The predicted molar refractivity (Wildman–Crippen MR) is 72.1 cm³/mol. The average molecular weight is 266 g/mol. The fourth-order valence-corrected chi connectivity index (χ4v) is 1.76. The van der Waals surface area contributed by atoms with Crippen LogP contribution in [0, 0.1) is 5.92 Å². The summed E-state index contributed by atoms with van der Waals surface area (Å²) >= 11 is 5.91. The van der Waals surface area contributed by atoms with Gasteiger partial charge in [0, 0.05) is 12.1 Å². The van der Waals surface area contributed by atoms with Crippen LogP contribution in [0.4, 0.5) is 5.69 Å². The quantitative estimate of drug-likeness (QED) is 0.863. The van der Waals surface area contributed by atoms with Crippen molar-refractivity contribution in [3.05, 3.63) is 23.2 Å². The molecule has 0 saturated carbocycles. The van der Waals surface area contributed by atoms with Crippen LogP contribution in [0.5, 0.6) is 0 Å². The number of benzene rings is 1. The van der Waals surface area contributed by atoms with Crippen molar-refractivity contribution in [2.24, 2.45) is 5.92 Å². The van der Waals surface area contributed by atoms with Crippen molar-refractivity contribution in [1.82, 2.24) is 20.2 Å². The third-order valence-electron chi connectivity index (χ3n) is 2.97. The third kappa shape index (κ3) is 2.61. The Hall–Kier alpha value is -1.62. The zero-order valence-corrected chi connectivity index (χ0v) is 11.2. The highest BCUT2D eigenvalue weighted by molar-refractivity contribution is 6.33. The SMILES string of the molecule is CCC(C)Cn1nnnc1-c1ccc(Cl)c(N)c1. The molecule has 0 aliphatic rings. The van der Waals surface area contributed by atoms with Crippen molar-refractivity contribution in [3.8, 4) is 11.4 Å². The Labute approximate surface area is 111 Å². The molecule has 1 unspecified atom stereocenters. The number of rotatable bonds is 4. The highest BCUT2D eigenvalue weighted by Crippen LogP contribution is 2.25. The zero-order valence-electron chi connectivity index (χ0n) is 10.5. The van der Waals surface area contributed by atoms with Gasteiger partial charge in [0.15, 0.2) is 5.82 Å². The van der Waals surface area contributed by atoms with Gasteiger partial charge in [-0.3, -0.25) is 0 Å². The van der Waals surface area contributed by atoms with Crippen LogP contribution < -0.4 is 5.73 Å². The van der Waals surface area contributed by atoms with Crippen LogP contribution >= 0.6 is 11.6 Å². The van der Waals surface area contributed by atoms with E-state index in [9.17, 15) is 0 Å². The van der Waals surface area contributed by atoms with Gasteiger partial charge >= 0.3 is 0 Å². The van der Waals surface area contributed by atoms with Crippen LogP contribution in [0.15, 0.2) is 18.2 Å². The fourth-order valence-electron chi connectivity index (χ4n) is 1.64. The molecule has 0 aliphatic carbocycles. The molecule has 2 rings (SSSR count). The third-order valence-corrected chi connectivity index (χ3v) is 3.31. The number of halogens is 1. The first-order valence-corrected chi connectivity index (χ1v) is 6.31. The Kier molecular flexibility index (Phi) is 3.81. The van der Waals surface area contributed by atoms with E-state index >= 15 is 0 Å². The van der Waals surface area contributed by atoms with E-state index in [1.165, 1.54) is 0 Å². The molecule has 0 amide bonds. The van der Waals surface area contributed by atoms with E-state index in [4.69, 9.17) is 17.3 Å². The lowest BCUT2D eigenvalue weighted by molar-refractivity contribution is 0.434. The van der Waals surface area contributed by atoms with Crippen molar-refractivity contribution in [2.45, 2.75) is 26.8 Å². The lowest BCUT2D eigenvalue weighted by Gasteiger charge is -2.10. The second-order valence-corrected chi connectivity index (χ2v) is 4.84. The molecule has 2 N–H and O–H groups in total. The summed E-state index contributed by atoms with van der Waals surface area (Å²) in [5.41, 5.74) is 7.21. The molecule has 0 fully saturated rings. The molecule has 0 radical (unpaired) electrons. The smallest absolute Gasteiger partial charge is 0.182 e. The van der Waals surface area contributed by atoms with Crippen LogP contribution in [-0.4, -0.2) is 20.2 Å². The van der Waals surface area contributed by atoms with Gasteiger partial charge in [-0.2, -0.15) is 0 Å². The summed E-state index contributed by atoms with van der Waals surface area (Å²) in [6.45, 7) is 5.11. The topological polar surface area (TPSA) is 69.6 Å². The Morgan fingerprint density at radius 1 is 1.44 bits per heavy atom. The second-order valence-electron chi connectivity index (χ2n) is 4.43. The standard InChI is InChI=1S/C12H16ClN5/c1-3-8(2)7-18-12(15-16-17-18)9-4-5-10(13)11(14)6-9/h4-6,8H,3,7,14H2,1-2H3. The molecule has 5 nitrogen and oxygen atoms in total. The van der Waals surface area contributed by atoms with Gasteiger partial charge in [-0.1, -0.05) is 31.9 Å². The van der Waals surface area contributed by atoms with E-state index < -0.39 is 0 Å². The maximum Gasteiger partial charge on any atom is 0.182 e. The van der Waals surface area contributed by atoms with Gasteiger partial charge in [-0.05, 0) is 34.5 Å². The molecule has 0 aliphatic heterocycles. The monoisotopic (exact) mass is 265 g/mol. The number of nitrogen functional groups attached to an aromatic ring is 1. The van der Waals surface area contributed by atoms with Gasteiger partial charge in [0.1, 0.15) is 0 Å². The maximum absolute atomic E-state index is 5.91. The molecule has 1 heterocycles. The normalized spacial score (nSPS) is 12.6. The second kappa shape index (κ2) is 5.35. The van der Waals surface area contributed by atoms with E-state index in [0.29, 0.717) is 16.6 Å². The van der Waals surface area contributed by atoms with Gasteiger partial charge in [0.2, 0.25) is 0 Å². The molecule has 6 heteroatoms. The molecule has 18 heavy (non-hydrogen) atoms. The van der Waals surface area contributed by atoms with Crippen LogP contribution in [0.3, 0.4) is 0 Å². The minimum absolute atomic E-state index is 0.525. The molecule has 0 spiro atoms. The molecule has 1 aromatic heterocycles. The number of aromatic nitrogens is 4. The average Bonchev–Trinajstić information content (AvgIpc) is 2.80. The molecular weight excluding hydrogens is 250 g/mol. The summed E-state index contributed by atoms with van der Waals surface area (Å²) < 4.78 is 1.80. The maximum atomic E-state index is 5.91. The van der Waals surface area contributed by atoms with Crippen LogP contribution in [-0.2, 0) is 6.54 Å². The van der Waals surface area contributed by atoms with Crippen molar-refractivity contribution in [3.63, 3.8) is 0 Å². The number of hydrogen-bond acceptors (Lipinski definition) is 4. The number of anilines is 1. The molecule has 96 valence electrons. The Balaban J connectivity index is 2.33. The van der Waals surface area contributed by atoms with E-state index in [1.54, 1.807) is 16.8 Å². The van der Waals surface area contributed by atoms with E-state index in [0.717, 1.165) is 24.4 Å². The van der Waals surface area contributed by atoms with Gasteiger partial charge < -0.3 is 5.73 Å². The number of nitrogens with zero attached hydrogens (tertiary/aromatic N) is 4. The summed E-state index contributed by atoms with van der Waals surface area (Å²) in [6, 6.07) is 5.42. The molecule has 1 aromatic carbocycles. The highest BCUT2D eigenvalue weighted by atomic mass is 35.5. The van der Waals surface area contributed by atoms with Crippen LogP contribution in [0.2, 0.25) is 5.02 Å². The summed E-state index contributed by atoms with van der Waals surface area (Å²) in [7, 11) is 0. The fraction of sp³-hybridized carbons (Fsp3) is 0.417. The Morgan fingerprint density at radius 3 is 2.89 bits per heavy atom. The number of nitrogens with two attached hydrogens (primary N) is 1. The minimum atomic E-state index is 0.525. The van der Waals surface area contributed by atoms with Gasteiger partial charge in [0.25, 0.3) is 0 Å². The first-order chi connectivity index (χ1) is 8.61. The molecule has 1 atom stereocenters. The van der Waals surface area contributed by atoms with Gasteiger partial charge in [0.05, 0.1) is 10.7 Å². The largest absolute Gasteiger partial charge is 0.398 e. The first kappa shape index (κ1) is 12.8.